The number of aromatic nitrogens is 1. The predicted octanol–water partition coefficient (Wildman–Crippen LogP) is 3.38. The highest BCUT2D eigenvalue weighted by molar-refractivity contribution is 5.72. The smallest absolute Gasteiger partial charge is 0.307 e. The molecule has 1 aromatic carbocycles. The van der Waals surface area contributed by atoms with Crippen LogP contribution in [0.1, 0.15) is 31.9 Å². The average molecular weight is 285 g/mol. The normalized spacial score (nSPS) is 11.4. The summed E-state index contributed by atoms with van der Waals surface area (Å²) in [6.07, 6.45) is 3.16. The van der Waals surface area contributed by atoms with Crippen LogP contribution in [0.25, 0.3) is 11.1 Å². The Morgan fingerprint density at radius 3 is 2.43 bits per heavy atom. The lowest BCUT2D eigenvalue weighted by Gasteiger charge is -2.20. The molecule has 0 amide bonds. The fourth-order valence-electron chi connectivity index (χ4n) is 2.13. The molecule has 0 saturated carbocycles. The summed E-state index contributed by atoms with van der Waals surface area (Å²) < 4.78 is 0. The van der Waals surface area contributed by atoms with Gasteiger partial charge in [0.1, 0.15) is 5.75 Å². The van der Waals surface area contributed by atoms with E-state index in [0.717, 1.165) is 16.7 Å². The molecule has 0 aliphatic heterocycles. The highest BCUT2D eigenvalue weighted by atomic mass is 16.4. The van der Waals surface area contributed by atoms with E-state index < -0.39 is 5.97 Å². The van der Waals surface area contributed by atoms with E-state index in [1.54, 1.807) is 30.6 Å². The van der Waals surface area contributed by atoms with Crippen LogP contribution >= 0.6 is 0 Å². The van der Waals surface area contributed by atoms with Gasteiger partial charge < -0.3 is 10.2 Å². The molecule has 110 valence electrons. The molecule has 0 aliphatic rings. The van der Waals surface area contributed by atoms with Gasteiger partial charge in [0, 0.05) is 18.0 Å². The van der Waals surface area contributed by atoms with Crippen molar-refractivity contribution in [2.24, 2.45) is 0 Å². The van der Waals surface area contributed by atoms with Gasteiger partial charge in [-0.15, -0.1) is 0 Å². The maximum Gasteiger partial charge on any atom is 0.307 e. The Hall–Kier alpha value is -2.36. The van der Waals surface area contributed by atoms with Gasteiger partial charge >= 0.3 is 5.97 Å². The Kier molecular flexibility index (Phi) is 3.98. The van der Waals surface area contributed by atoms with Gasteiger partial charge in [0.2, 0.25) is 0 Å². The Bertz CT molecular complexity index is 672. The molecular formula is C17H19NO3. The SMILES string of the molecule is CC(C)(C)c1cc(O)cc(-c2cncc(CC(=O)O)c2)c1. The van der Waals surface area contributed by atoms with Crippen LogP contribution in [-0.2, 0) is 16.6 Å². The number of hydrogen-bond acceptors (Lipinski definition) is 3. The van der Waals surface area contributed by atoms with Crippen molar-refractivity contribution in [2.45, 2.75) is 32.6 Å². The highest BCUT2D eigenvalue weighted by Gasteiger charge is 2.16. The summed E-state index contributed by atoms with van der Waals surface area (Å²) in [5.74, 6) is -0.693. The predicted molar refractivity (Wildman–Crippen MR) is 81.4 cm³/mol. The van der Waals surface area contributed by atoms with E-state index in [4.69, 9.17) is 5.11 Å². The number of rotatable bonds is 3. The van der Waals surface area contributed by atoms with Crippen molar-refractivity contribution < 1.29 is 15.0 Å². The second-order valence-electron chi connectivity index (χ2n) is 6.17. The largest absolute Gasteiger partial charge is 0.508 e. The first-order chi connectivity index (χ1) is 9.75. The summed E-state index contributed by atoms with van der Waals surface area (Å²) in [7, 11) is 0. The number of pyridine rings is 1. The zero-order valence-electron chi connectivity index (χ0n) is 12.4. The van der Waals surface area contributed by atoms with Crippen molar-refractivity contribution in [3.63, 3.8) is 0 Å². The van der Waals surface area contributed by atoms with Gasteiger partial charge in [0.15, 0.2) is 0 Å². The van der Waals surface area contributed by atoms with Gasteiger partial charge in [-0.1, -0.05) is 26.8 Å². The molecule has 21 heavy (non-hydrogen) atoms. The third-order valence-electron chi connectivity index (χ3n) is 3.27. The summed E-state index contributed by atoms with van der Waals surface area (Å²) in [5.41, 5.74) is 3.20. The van der Waals surface area contributed by atoms with E-state index in [1.807, 2.05) is 6.07 Å². The molecular weight excluding hydrogens is 266 g/mol. The molecule has 0 fully saturated rings. The zero-order valence-corrected chi connectivity index (χ0v) is 12.4. The molecule has 0 saturated heterocycles. The number of aromatic hydroxyl groups is 1. The standard InChI is InChI=1S/C17H19NO3/c1-17(2,3)14-6-12(7-15(19)8-14)13-4-11(5-16(20)21)9-18-10-13/h4,6-10,19H,5H2,1-3H3,(H,20,21). The summed E-state index contributed by atoms with van der Waals surface area (Å²) in [4.78, 5) is 14.9. The van der Waals surface area contributed by atoms with Gasteiger partial charge in [-0.2, -0.15) is 0 Å². The van der Waals surface area contributed by atoms with E-state index in [2.05, 4.69) is 25.8 Å². The molecule has 4 heteroatoms. The average Bonchev–Trinajstić information content (AvgIpc) is 2.36. The Balaban J connectivity index is 2.47. The van der Waals surface area contributed by atoms with Gasteiger partial charge in [-0.3, -0.25) is 9.78 Å². The summed E-state index contributed by atoms with van der Waals surface area (Å²) in [5, 5.41) is 18.8. The molecule has 0 aliphatic carbocycles. The summed E-state index contributed by atoms with van der Waals surface area (Å²) in [6.45, 7) is 6.22. The molecule has 1 heterocycles. The van der Waals surface area contributed by atoms with Crippen molar-refractivity contribution in [2.75, 3.05) is 0 Å². The van der Waals surface area contributed by atoms with Crippen LogP contribution < -0.4 is 0 Å². The number of aliphatic carboxylic acids is 1. The molecule has 2 aromatic rings. The van der Waals surface area contributed by atoms with E-state index in [9.17, 15) is 9.90 Å². The second-order valence-corrected chi connectivity index (χ2v) is 6.17. The van der Waals surface area contributed by atoms with Crippen molar-refractivity contribution in [1.29, 1.82) is 0 Å². The number of carbonyl (C=O) groups is 1. The Labute approximate surface area is 124 Å². The molecule has 1 aromatic heterocycles. The molecule has 2 N–H and O–H groups in total. The fourth-order valence-corrected chi connectivity index (χ4v) is 2.13. The number of carboxylic acid groups (broad SMARTS) is 1. The van der Waals surface area contributed by atoms with Crippen LogP contribution in [0, 0.1) is 0 Å². The van der Waals surface area contributed by atoms with Gasteiger partial charge in [0.25, 0.3) is 0 Å². The molecule has 0 spiro atoms. The lowest BCUT2D eigenvalue weighted by Crippen LogP contribution is -2.10. The van der Waals surface area contributed by atoms with Crippen molar-refractivity contribution >= 4 is 5.97 Å². The molecule has 0 bridgehead atoms. The topological polar surface area (TPSA) is 70.4 Å². The van der Waals surface area contributed by atoms with E-state index >= 15 is 0 Å². The lowest BCUT2D eigenvalue weighted by atomic mass is 9.85. The van der Waals surface area contributed by atoms with Crippen molar-refractivity contribution in [3.05, 3.63) is 47.8 Å². The van der Waals surface area contributed by atoms with E-state index in [-0.39, 0.29) is 17.6 Å². The third kappa shape index (κ3) is 3.81. The number of benzene rings is 1. The molecule has 0 atom stereocenters. The number of hydrogen-bond donors (Lipinski definition) is 2. The molecule has 4 nitrogen and oxygen atoms in total. The van der Waals surface area contributed by atoms with Crippen molar-refractivity contribution in [3.8, 4) is 16.9 Å². The maximum absolute atomic E-state index is 10.8. The minimum atomic E-state index is -0.889. The molecule has 2 rings (SSSR count). The monoisotopic (exact) mass is 285 g/mol. The minimum absolute atomic E-state index is 0.0637. The van der Waals surface area contributed by atoms with Crippen molar-refractivity contribution in [1.82, 2.24) is 4.98 Å². The van der Waals surface area contributed by atoms with Crippen LogP contribution in [0.5, 0.6) is 5.75 Å². The summed E-state index contributed by atoms with van der Waals surface area (Å²) >= 11 is 0. The first kappa shape index (κ1) is 15.0. The maximum atomic E-state index is 10.8. The van der Waals surface area contributed by atoms with Crippen LogP contribution in [0.4, 0.5) is 0 Å². The number of carboxylic acids is 1. The molecule has 0 radical (unpaired) electrons. The van der Waals surface area contributed by atoms with Gasteiger partial charge in [0.05, 0.1) is 6.42 Å². The first-order valence-electron chi connectivity index (χ1n) is 6.76. The lowest BCUT2D eigenvalue weighted by molar-refractivity contribution is -0.136. The number of phenolic OH excluding ortho intramolecular Hbond substituents is 1. The van der Waals surface area contributed by atoms with E-state index in [0.29, 0.717) is 5.56 Å². The second kappa shape index (κ2) is 5.56. The Morgan fingerprint density at radius 1 is 1.10 bits per heavy atom. The quantitative estimate of drug-likeness (QED) is 0.907. The zero-order chi connectivity index (χ0) is 15.6. The number of nitrogens with zero attached hydrogens (tertiary/aromatic N) is 1. The molecule has 0 unspecified atom stereocenters. The number of phenols is 1. The van der Waals surface area contributed by atoms with Crippen LogP contribution in [0.2, 0.25) is 0 Å². The fraction of sp³-hybridized carbons (Fsp3) is 0.294. The van der Waals surface area contributed by atoms with Crippen LogP contribution in [0.3, 0.4) is 0 Å². The highest BCUT2D eigenvalue weighted by Crippen LogP contribution is 2.31. The summed E-state index contributed by atoms with van der Waals surface area (Å²) in [6, 6.07) is 7.21. The minimum Gasteiger partial charge on any atom is -0.508 e. The third-order valence-corrected chi connectivity index (χ3v) is 3.27. The van der Waals surface area contributed by atoms with Gasteiger partial charge in [-0.05, 0) is 40.3 Å². The first-order valence-corrected chi connectivity index (χ1v) is 6.76. The van der Waals surface area contributed by atoms with E-state index in [1.165, 1.54) is 0 Å². The van der Waals surface area contributed by atoms with Gasteiger partial charge in [-0.25, -0.2) is 0 Å². The Morgan fingerprint density at radius 2 is 1.81 bits per heavy atom. The van der Waals surface area contributed by atoms with Crippen LogP contribution in [-0.4, -0.2) is 21.2 Å². The van der Waals surface area contributed by atoms with Crippen LogP contribution in [0.15, 0.2) is 36.7 Å².